The Bertz CT molecular complexity index is 587. The van der Waals surface area contributed by atoms with E-state index in [4.69, 9.17) is 14.6 Å². The first-order valence-electron chi connectivity index (χ1n) is 6.03. The lowest BCUT2D eigenvalue weighted by Gasteiger charge is -2.23. The summed E-state index contributed by atoms with van der Waals surface area (Å²) in [5.74, 6) is -1.72. The van der Waals surface area contributed by atoms with Crippen LogP contribution < -0.4 is 4.72 Å². The minimum Gasteiger partial charge on any atom is -0.475 e. The number of aryl methyl sites for hydroxylation is 1. The van der Waals surface area contributed by atoms with Gasteiger partial charge in [-0.05, 0) is 18.8 Å². The number of aliphatic hydroxyl groups is 1. The standard InChI is InChI=1S/C12H19NO6S/c1-8-10(6-9(19-8)11(15)16)20(17,18)13-7-12(2,3)4-5-14/h6,13-14H,4-5,7H2,1-3H3,(H,15,16). The summed E-state index contributed by atoms with van der Waals surface area (Å²) < 4.78 is 31.5. The van der Waals surface area contributed by atoms with E-state index in [9.17, 15) is 13.2 Å². The Balaban J connectivity index is 2.92. The lowest BCUT2D eigenvalue weighted by molar-refractivity contribution is 0.0661. The zero-order valence-electron chi connectivity index (χ0n) is 11.6. The summed E-state index contributed by atoms with van der Waals surface area (Å²) in [6.45, 7) is 5.11. The van der Waals surface area contributed by atoms with Gasteiger partial charge in [-0.1, -0.05) is 13.8 Å². The third-order valence-corrected chi connectivity index (χ3v) is 4.41. The molecule has 0 unspecified atom stereocenters. The third kappa shape index (κ3) is 4.06. The maximum Gasteiger partial charge on any atom is 0.371 e. The van der Waals surface area contributed by atoms with Crippen molar-refractivity contribution in [3.63, 3.8) is 0 Å². The molecule has 8 heteroatoms. The van der Waals surface area contributed by atoms with Gasteiger partial charge in [0, 0.05) is 19.2 Å². The summed E-state index contributed by atoms with van der Waals surface area (Å²) in [7, 11) is -3.84. The second-order valence-corrected chi connectivity index (χ2v) is 7.03. The molecule has 1 rings (SSSR count). The summed E-state index contributed by atoms with van der Waals surface area (Å²) in [6, 6.07) is 0.985. The monoisotopic (exact) mass is 305 g/mol. The van der Waals surface area contributed by atoms with Crippen LogP contribution in [0, 0.1) is 12.3 Å². The molecule has 114 valence electrons. The first-order chi connectivity index (χ1) is 9.09. The van der Waals surface area contributed by atoms with Gasteiger partial charge < -0.3 is 14.6 Å². The normalized spacial score (nSPS) is 12.6. The van der Waals surface area contributed by atoms with E-state index in [1.807, 2.05) is 13.8 Å². The van der Waals surface area contributed by atoms with Gasteiger partial charge in [-0.15, -0.1) is 0 Å². The fourth-order valence-electron chi connectivity index (χ4n) is 1.60. The zero-order valence-corrected chi connectivity index (χ0v) is 12.5. The van der Waals surface area contributed by atoms with Crippen LogP contribution >= 0.6 is 0 Å². The van der Waals surface area contributed by atoms with Crippen LogP contribution in [-0.4, -0.2) is 37.8 Å². The number of aliphatic hydroxyl groups excluding tert-OH is 1. The van der Waals surface area contributed by atoms with Crippen molar-refractivity contribution in [1.82, 2.24) is 4.72 Å². The largest absolute Gasteiger partial charge is 0.475 e. The van der Waals surface area contributed by atoms with Crippen LogP contribution in [0.5, 0.6) is 0 Å². The lowest BCUT2D eigenvalue weighted by Crippen LogP contribution is -2.34. The predicted octanol–water partition coefficient (Wildman–Crippen LogP) is 0.973. The van der Waals surface area contributed by atoms with E-state index in [2.05, 4.69) is 4.72 Å². The highest BCUT2D eigenvalue weighted by Gasteiger charge is 2.26. The molecule has 20 heavy (non-hydrogen) atoms. The first-order valence-corrected chi connectivity index (χ1v) is 7.51. The molecule has 1 heterocycles. The van der Waals surface area contributed by atoms with E-state index in [1.165, 1.54) is 6.92 Å². The van der Waals surface area contributed by atoms with Gasteiger partial charge in [0.2, 0.25) is 15.8 Å². The second-order valence-electron chi connectivity index (χ2n) is 5.30. The molecule has 0 aliphatic rings. The fourth-order valence-corrected chi connectivity index (χ4v) is 3.02. The number of carbonyl (C=O) groups is 1. The first kappa shape index (κ1) is 16.7. The molecule has 0 aliphatic heterocycles. The number of hydrogen-bond donors (Lipinski definition) is 3. The van der Waals surface area contributed by atoms with E-state index in [-0.39, 0.29) is 23.8 Å². The Morgan fingerprint density at radius 3 is 2.50 bits per heavy atom. The van der Waals surface area contributed by atoms with Crippen molar-refractivity contribution in [2.24, 2.45) is 5.41 Å². The Labute approximate surface area is 117 Å². The van der Waals surface area contributed by atoms with Gasteiger partial charge in [-0.3, -0.25) is 0 Å². The highest BCUT2D eigenvalue weighted by Crippen LogP contribution is 2.22. The number of nitrogens with one attached hydrogen (secondary N) is 1. The average molecular weight is 305 g/mol. The molecular weight excluding hydrogens is 286 g/mol. The summed E-state index contributed by atoms with van der Waals surface area (Å²) in [4.78, 5) is 10.6. The number of carboxylic acids is 1. The Kier molecular flexibility index (Phi) is 4.95. The SMILES string of the molecule is Cc1oc(C(=O)O)cc1S(=O)(=O)NCC(C)(C)CCO. The molecule has 0 aromatic carbocycles. The second kappa shape index (κ2) is 5.94. The van der Waals surface area contributed by atoms with Crippen LogP contribution in [0.15, 0.2) is 15.4 Å². The minimum atomic E-state index is -3.84. The topological polar surface area (TPSA) is 117 Å². The third-order valence-electron chi connectivity index (χ3n) is 2.90. The van der Waals surface area contributed by atoms with Crippen molar-refractivity contribution in [3.05, 3.63) is 17.6 Å². The van der Waals surface area contributed by atoms with E-state index in [0.717, 1.165) is 6.07 Å². The smallest absolute Gasteiger partial charge is 0.371 e. The minimum absolute atomic E-state index is 0.0230. The van der Waals surface area contributed by atoms with Crippen molar-refractivity contribution < 1.29 is 27.8 Å². The molecule has 0 saturated carbocycles. The molecule has 0 bridgehead atoms. The van der Waals surface area contributed by atoms with Crippen LogP contribution in [0.25, 0.3) is 0 Å². The molecule has 0 aliphatic carbocycles. The van der Waals surface area contributed by atoms with Crippen LogP contribution in [0.1, 0.15) is 36.6 Å². The Morgan fingerprint density at radius 1 is 1.45 bits per heavy atom. The lowest BCUT2D eigenvalue weighted by atomic mass is 9.90. The molecule has 0 atom stereocenters. The summed E-state index contributed by atoms with van der Waals surface area (Å²) in [5.41, 5.74) is -0.408. The van der Waals surface area contributed by atoms with Gasteiger partial charge >= 0.3 is 5.97 Å². The average Bonchev–Trinajstić information content (AvgIpc) is 2.70. The van der Waals surface area contributed by atoms with Crippen molar-refractivity contribution in [1.29, 1.82) is 0 Å². The number of carboxylic acid groups (broad SMARTS) is 1. The molecule has 1 aromatic rings. The molecule has 0 fully saturated rings. The predicted molar refractivity (Wildman–Crippen MR) is 71.1 cm³/mol. The van der Waals surface area contributed by atoms with E-state index in [0.29, 0.717) is 6.42 Å². The van der Waals surface area contributed by atoms with Gasteiger partial charge in [0.15, 0.2) is 0 Å². The van der Waals surface area contributed by atoms with Gasteiger partial charge in [-0.2, -0.15) is 0 Å². The molecule has 0 radical (unpaired) electrons. The molecule has 7 nitrogen and oxygen atoms in total. The summed E-state index contributed by atoms with van der Waals surface area (Å²) >= 11 is 0. The number of aromatic carboxylic acids is 1. The highest BCUT2D eigenvalue weighted by molar-refractivity contribution is 7.89. The van der Waals surface area contributed by atoms with Crippen LogP contribution in [0.4, 0.5) is 0 Å². The van der Waals surface area contributed by atoms with Crippen molar-refractivity contribution in [3.8, 4) is 0 Å². The fraction of sp³-hybridized carbons (Fsp3) is 0.583. The van der Waals surface area contributed by atoms with Crippen molar-refractivity contribution >= 4 is 16.0 Å². The quantitative estimate of drug-likeness (QED) is 0.691. The molecule has 3 N–H and O–H groups in total. The highest BCUT2D eigenvalue weighted by atomic mass is 32.2. The molecular formula is C12H19NO6S. The molecule has 0 amide bonds. The number of sulfonamides is 1. The van der Waals surface area contributed by atoms with Gasteiger partial charge in [0.1, 0.15) is 10.7 Å². The van der Waals surface area contributed by atoms with Crippen LogP contribution in [0.3, 0.4) is 0 Å². The molecule has 0 saturated heterocycles. The van der Waals surface area contributed by atoms with E-state index in [1.54, 1.807) is 0 Å². The Morgan fingerprint density at radius 2 is 2.05 bits per heavy atom. The number of hydrogen-bond acceptors (Lipinski definition) is 5. The zero-order chi connectivity index (χ0) is 15.6. The van der Waals surface area contributed by atoms with Crippen molar-refractivity contribution in [2.45, 2.75) is 32.1 Å². The maximum atomic E-state index is 12.1. The van der Waals surface area contributed by atoms with Gasteiger partial charge in [0.05, 0.1) is 0 Å². The van der Waals surface area contributed by atoms with Crippen molar-refractivity contribution in [2.75, 3.05) is 13.2 Å². The number of furan rings is 1. The van der Waals surface area contributed by atoms with Crippen LogP contribution in [-0.2, 0) is 10.0 Å². The summed E-state index contributed by atoms with van der Waals surface area (Å²) in [6.07, 6.45) is 0.445. The van der Waals surface area contributed by atoms with Gasteiger partial charge in [0.25, 0.3) is 0 Å². The summed E-state index contributed by atoms with van der Waals surface area (Å²) in [5, 5.41) is 17.7. The maximum absolute atomic E-state index is 12.1. The van der Waals surface area contributed by atoms with Gasteiger partial charge in [-0.25, -0.2) is 17.9 Å². The van der Waals surface area contributed by atoms with E-state index < -0.39 is 27.2 Å². The molecule has 0 spiro atoms. The van der Waals surface area contributed by atoms with E-state index >= 15 is 0 Å². The number of rotatable bonds is 7. The molecule has 1 aromatic heterocycles. The Hall–Kier alpha value is -1.38. The van der Waals surface area contributed by atoms with Crippen LogP contribution in [0.2, 0.25) is 0 Å².